The summed E-state index contributed by atoms with van der Waals surface area (Å²) in [5.41, 5.74) is 2.87. The molecule has 10 nitrogen and oxygen atoms in total. The summed E-state index contributed by atoms with van der Waals surface area (Å²) in [5.74, 6) is 1.77. The number of aromatic nitrogens is 6. The molecule has 3 aromatic rings. The Morgan fingerprint density at radius 1 is 1.14 bits per heavy atom. The van der Waals surface area contributed by atoms with Gasteiger partial charge in [-0.15, -0.1) is 5.10 Å². The zero-order valence-corrected chi connectivity index (χ0v) is 21.5. The van der Waals surface area contributed by atoms with Gasteiger partial charge in [0, 0.05) is 55.6 Å². The van der Waals surface area contributed by atoms with Crippen LogP contribution in [0.1, 0.15) is 51.6 Å². The maximum atomic E-state index is 13.1. The molecule has 0 aromatic carbocycles. The largest absolute Gasteiger partial charge is 0.370 e. The fourth-order valence-electron chi connectivity index (χ4n) is 5.77. The number of pyridine rings is 1. The lowest BCUT2D eigenvalue weighted by Crippen LogP contribution is -2.48. The lowest BCUT2D eigenvalue weighted by Gasteiger charge is -2.40. The first-order chi connectivity index (χ1) is 18.1. The third kappa shape index (κ3) is 4.63. The predicted octanol–water partition coefficient (Wildman–Crippen LogP) is 2.53. The van der Waals surface area contributed by atoms with Crippen molar-refractivity contribution in [2.45, 2.75) is 57.7 Å². The lowest BCUT2D eigenvalue weighted by molar-refractivity contribution is 0.384. The molecule has 2 aliphatic heterocycles. The first-order valence-corrected chi connectivity index (χ1v) is 13.8. The van der Waals surface area contributed by atoms with Crippen molar-refractivity contribution < 1.29 is 0 Å². The van der Waals surface area contributed by atoms with Crippen molar-refractivity contribution >= 4 is 11.5 Å². The van der Waals surface area contributed by atoms with E-state index in [0.29, 0.717) is 22.8 Å². The first-order valence-electron chi connectivity index (χ1n) is 13.8. The molecule has 2 atom stereocenters. The molecule has 194 valence electrons. The van der Waals surface area contributed by atoms with Crippen molar-refractivity contribution in [1.29, 1.82) is 0 Å². The summed E-state index contributed by atoms with van der Waals surface area (Å²) in [7, 11) is 0. The number of hydrogen-bond acceptors (Lipinski definition) is 8. The molecule has 7 rings (SSSR count). The molecule has 0 amide bonds. The number of hydrogen-bond donors (Lipinski definition) is 1. The van der Waals surface area contributed by atoms with E-state index in [4.69, 9.17) is 4.98 Å². The van der Waals surface area contributed by atoms with E-state index in [1.165, 1.54) is 32.1 Å². The highest BCUT2D eigenvalue weighted by atomic mass is 16.1. The van der Waals surface area contributed by atoms with Crippen LogP contribution in [-0.4, -0.2) is 68.3 Å². The molecule has 4 fully saturated rings. The highest BCUT2D eigenvalue weighted by Gasteiger charge is 2.52. The van der Waals surface area contributed by atoms with Crippen molar-refractivity contribution in [1.82, 2.24) is 34.8 Å². The number of nitrogens with one attached hydrogen (secondary N) is 1. The molecule has 5 heterocycles. The van der Waals surface area contributed by atoms with Crippen LogP contribution in [0.5, 0.6) is 0 Å². The molecule has 10 heteroatoms. The summed E-state index contributed by atoms with van der Waals surface area (Å²) < 4.78 is 3.41. The summed E-state index contributed by atoms with van der Waals surface area (Å²) in [5, 5.41) is 12.4. The molecule has 3 aromatic heterocycles. The van der Waals surface area contributed by atoms with Crippen molar-refractivity contribution in [3.63, 3.8) is 0 Å². The average molecular weight is 502 g/mol. The Morgan fingerprint density at radius 2 is 2.00 bits per heavy atom. The smallest absolute Gasteiger partial charge is 0.254 e. The third-order valence-electron chi connectivity index (χ3n) is 8.62. The quantitative estimate of drug-likeness (QED) is 0.503. The van der Waals surface area contributed by atoms with Crippen LogP contribution in [0.25, 0.3) is 11.4 Å². The van der Waals surface area contributed by atoms with E-state index in [1.54, 1.807) is 21.5 Å². The first kappa shape index (κ1) is 22.9. The van der Waals surface area contributed by atoms with Crippen LogP contribution >= 0.6 is 0 Å². The van der Waals surface area contributed by atoms with Gasteiger partial charge in [-0.2, -0.15) is 0 Å². The fourth-order valence-corrected chi connectivity index (χ4v) is 5.77. The molecule has 1 N–H and O–H groups in total. The predicted molar refractivity (Wildman–Crippen MR) is 142 cm³/mol. The van der Waals surface area contributed by atoms with Gasteiger partial charge in [-0.1, -0.05) is 5.21 Å². The number of nitrogens with zero attached hydrogens (tertiary/aromatic N) is 8. The average Bonchev–Trinajstić information content (AvgIpc) is 3.84. The molecule has 0 radical (unpaired) electrons. The van der Waals surface area contributed by atoms with Crippen LogP contribution in [0.15, 0.2) is 41.7 Å². The van der Waals surface area contributed by atoms with Crippen LogP contribution in [0.2, 0.25) is 0 Å². The topological polar surface area (TPSA) is 97.0 Å². The minimum Gasteiger partial charge on any atom is -0.370 e. The summed E-state index contributed by atoms with van der Waals surface area (Å²) in [6.45, 7) is 7.18. The molecule has 37 heavy (non-hydrogen) atoms. The molecule has 4 aliphatic rings. The van der Waals surface area contributed by atoms with Gasteiger partial charge in [0.15, 0.2) is 0 Å². The molecular formula is C27H35N9O. The van der Waals surface area contributed by atoms with Gasteiger partial charge in [-0.3, -0.25) is 14.3 Å². The Morgan fingerprint density at radius 3 is 2.78 bits per heavy atom. The van der Waals surface area contributed by atoms with E-state index < -0.39 is 0 Å². The number of anilines is 2. The zero-order valence-electron chi connectivity index (χ0n) is 21.5. The van der Waals surface area contributed by atoms with Gasteiger partial charge in [0.2, 0.25) is 0 Å². The second-order valence-electron chi connectivity index (χ2n) is 11.6. The number of piperidine rings is 1. The lowest BCUT2D eigenvalue weighted by atomic mass is 9.97. The Balaban J connectivity index is 1.03. The van der Waals surface area contributed by atoms with Gasteiger partial charge in [-0.25, -0.2) is 9.67 Å². The van der Waals surface area contributed by atoms with Crippen molar-refractivity contribution in [3.05, 3.63) is 47.3 Å². The van der Waals surface area contributed by atoms with Gasteiger partial charge in [-0.05, 0) is 64.0 Å². The Labute approximate surface area is 216 Å². The van der Waals surface area contributed by atoms with Crippen molar-refractivity contribution in [3.8, 4) is 11.4 Å². The van der Waals surface area contributed by atoms with Crippen molar-refractivity contribution in [2.24, 2.45) is 11.3 Å². The van der Waals surface area contributed by atoms with E-state index in [9.17, 15) is 4.79 Å². The van der Waals surface area contributed by atoms with E-state index in [2.05, 4.69) is 30.4 Å². The SMILES string of the molecule is CC(n1cc(-c2cncc(N3CC4(CC4)C3)n2)nn1)n1ccc(N2CCC[C@@H](NCC3CC3)C2)cc1=O. The van der Waals surface area contributed by atoms with Gasteiger partial charge >= 0.3 is 0 Å². The van der Waals surface area contributed by atoms with E-state index in [0.717, 1.165) is 56.6 Å². The Kier molecular flexibility index (Phi) is 5.53. The zero-order chi connectivity index (χ0) is 25.0. The molecule has 0 bridgehead atoms. The summed E-state index contributed by atoms with van der Waals surface area (Å²) in [6.07, 6.45) is 14.7. The van der Waals surface area contributed by atoms with Gasteiger partial charge in [0.05, 0.1) is 18.6 Å². The highest BCUT2D eigenvalue weighted by Crippen LogP contribution is 2.53. The third-order valence-corrected chi connectivity index (χ3v) is 8.62. The van der Waals surface area contributed by atoms with Gasteiger partial charge < -0.3 is 15.1 Å². The molecule has 1 unspecified atom stereocenters. The Hall–Kier alpha value is -3.27. The maximum absolute atomic E-state index is 13.1. The van der Waals surface area contributed by atoms with Crippen LogP contribution < -0.4 is 20.7 Å². The molecular weight excluding hydrogens is 466 g/mol. The van der Waals surface area contributed by atoms with Crippen LogP contribution in [-0.2, 0) is 0 Å². The molecule has 1 spiro atoms. The van der Waals surface area contributed by atoms with Gasteiger partial charge in [0.1, 0.15) is 23.4 Å². The second-order valence-corrected chi connectivity index (χ2v) is 11.6. The normalized spacial score (nSPS) is 23.2. The minimum atomic E-state index is -0.307. The highest BCUT2D eigenvalue weighted by molar-refractivity contribution is 5.55. The fraction of sp³-hybridized carbons (Fsp3) is 0.593. The molecule has 2 aliphatic carbocycles. The number of rotatable bonds is 8. The minimum absolute atomic E-state index is 0.0382. The van der Waals surface area contributed by atoms with Gasteiger partial charge in [0.25, 0.3) is 5.56 Å². The van der Waals surface area contributed by atoms with E-state index in [-0.39, 0.29) is 11.7 Å². The molecule has 2 saturated carbocycles. The maximum Gasteiger partial charge on any atom is 0.254 e. The van der Waals surface area contributed by atoms with Crippen LogP contribution in [0, 0.1) is 11.3 Å². The van der Waals surface area contributed by atoms with Crippen LogP contribution in [0.3, 0.4) is 0 Å². The summed E-state index contributed by atoms with van der Waals surface area (Å²) in [4.78, 5) is 26.9. The summed E-state index contributed by atoms with van der Waals surface area (Å²) >= 11 is 0. The van der Waals surface area contributed by atoms with Crippen molar-refractivity contribution in [2.75, 3.05) is 42.5 Å². The van der Waals surface area contributed by atoms with E-state index >= 15 is 0 Å². The second kappa shape index (κ2) is 8.93. The summed E-state index contributed by atoms with van der Waals surface area (Å²) in [6, 6.07) is 4.31. The Bertz CT molecular complexity index is 1330. The van der Waals surface area contributed by atoms with Crippen LogP contribution in [0.4, 0.5) is 11.5 Å². The monoisotopic (exact) mass is 501 g/mol. The van der Waals surface area contributed by atoms with E-state index in [1.807, 2.05) is 31.6 Å². The molecule has 2 saturated heterocycles. The standard InChI is InChI=1S/C27H35N9O/c1-19(35-10-6-22(11-26(35)37)33-9-2-3-21(15-33)29-12-20-4-5-20)36-16-24(31-32-36)23-13-28-14-25(30-23)34-17-27(18-34)7-8-27/h6,10-11,13-14,16,19-21,29H,2-5,7-9,12,15,17-18H2,1H3/t19?,21-/m1/s1.